The molecule has 1 aromatic rings. The van der Waals surface area contributed by atoms with E-state index < -0.39 is 0 Å². The lowest BCUT2D eigenvalue weighted by Crippen LogP contribution is -2.28. The highest BCUT2D eigenvalue weighted by Gasteiger charge is 2.40. The summed E-state index contributed by atoms with van der Waals surface area (Å²) in [7, 11) is 0. The van der Waals surface area contributed by atoms with Crippen LogP contribution in [0, 0.1) is 0 Å². The Labute approximate surface area is 78.2 Å². The van der Waals surface area contributed by atoms with Crippen molar-refractivity contribution in [2.45, 2.75) is 32.3 Å². The molecule has 0 fully saturated rings. The van der Waals surface area contributed by atoms with E-state index in [2.05, 4.69) is 13.8 Å². The summed E-state index contributed by atoms with van der Waals surface area (Å²) in [5.41, 5.74) is 0.836. The molecule has 2 heteroatoms. The van der Waals surface area contributed by atoms with Gasteiger partial charge < -0.3 is 9.84 Å². The first kappa shape index (κ1) is 8.42. The lowest BCUT2D eigenvalue weighted by Gasteiger charge is -2.22. The molecule has 0 aromatic heterocycles. The third-order valence-corrected chi connectivity index (χ3v) is 2.97. The van der Waals surface area contributed by atoms with Gasteiger partial charge in [-0.05, 0) is 19.1 Å². The molecule has 2 nitrogen and oxygen atoms in total. The fourth-order valence-corrected chi connectivity index (χ4v) is 1.81. The van der Waals surface area contributed by atoms with Gasteiger partial charge in [-0.25, -0.2) is 0 Å². The SMILES string of the molecule is CC1Oc2cccc(O)c2C1(C)C. The molecule has 1 N–H and O–H groups in total. The fraction of sp³-hybridized carbons (Fsp3) is 0.455. The molecule has 1 unspecified atom stereocenters. The van der Waals surface area contributed by atoms with Crippen LogP contribution in [0.1, 0.15) is 26.3 Å². The van der Waals surface area contributed by atoms with Gasteiger partial charge in [0.05, 0.1) is 0 Å². The molecule has 1 aliphatic rings. The number of fused-ring (bicyclic) bond motifs is 1. The van der Waals surface area contributed by atoms with E-state index in [1.807, 2.05) is 19.1 Å². The van der Waals surface area contributed by atoms with E-state index in [1.165, 1.54) is 0 Å². The number of phenols is 1. The Hall–Kier alpha value is -1.18. The summed E-state index contributed by atoms with van der Waals surface area (Å²) in [5, 5.41) is 9.70. The smallest absolute Gasteiger partial charge is 0.127 e. The largest absolute Gasteiger partial charge is 0.508 e. The number of hydrogen-bond donors (Lipinski definition) is 1. The molecule has 0 amide bonds. The number of benzene rings is 1. The van der Waals surface area contributed by atoms with Gasteiger partial charge >= 0.3 is 0 Å². The predicted octanol–water partition coefficient (Wildman–Crippen LogP) is 2.45. The van der Waals surface area contributed by atoms with Crippen molar-refractivity contribution >= 4 is 0 Å². The topological polar surface area (TPSA) is 29.5 Å². The van der Waals surface area contributed by atoms with Gasteiger partial charge in [-0.3, -0.25) is 0 Å². The average molecular weight is 178 g/mol. The van der Waals surface area contributed by atoms with Crippen molar-refractivity contribution in [2.75, 3.05) is 0 Å². The Balaban J connectivity index is 2.63. The van der Waals surface area contributed by atoms with E-state index in [1.54, 1.807) is 6.07 Å². The minimum Gasteiger partial charge on any atom is -0.508 e. The Morgan fingerprint density at radius 3 is 2.69 bits per heavy atom. The molecule has 1 heterocycles. The lowest BCUT2D eigenvalue weighted by atomic mass is 9.81. The third kappa shape index (κ3) is 1.01. The number of hydrogen-bond acceptors (Lipinski definition) is 2. The van der Waals surface area contributed by atoms with Crippen LogP contribution < -0.4 is 4.74 Å². The minimum absolute atomic E-state index is 0.0966. The van der Waals surface area contributed by atoms with E-state index in [0.29, 0.717) is 5.75 Å². The molecule has 2 rings (SSSR count). The highest BCUT2D eigenvalue weighted by Crippen LogP contribution is 2.46. The molecule has 1 aromatic carbocycles. The van der Waals surface area contributed by atoms with Crippen molar-refractivity contribution in [1.29, 1.82) is 0 Å². The summed E-state index contributed by atoms with van der Waals surface area (Å²) in [4.78, 5) is 0. The van der Waals surface area contributed by atoms with Gasteiger partial charge in [0.2, 0.25) is 0 Å². The zero-order valence-electron chi connectivity index (χ0n) is 8.16. The Bertz CT molecular complexity index is 342. The molecular weight excluding hydrogens is 164 g/mol. The van der Waals surface area contributed by atoms with E-state index in [9.17, 15) is 5.11 Å². The maximum atomic E-state index is 9.70. The molecule has 70 valence electrons. The van der Waals surface area contributed by atoms with Gasteiger partial charge in [0.25, 0.3) is 0 Å². The van der Waals surface area contributed by atoms with Gasteiger partial charge in [0.15, 0.2) is 0 Å². The van der Waals surface area contributed by atoms with Crippen LogP contribution in [0.25, 0.3) is 0 Å². The molecule has 0 aliphatic carbocycles. The molecule has 0 spiro atoms. The van der Waals surface area contributed by atoms with E-state index in [0.717, 1.165) is 11.3 Å². The van der Waals surface area contributed by atoms with Crippen LogP contribution in [-0.4, -0.2) is 11.2 Å². The standard InChI is InChI=1S/C11H14O2/c1-7-11(2,3)10-8(12)5-4-6-9(10)13-7/h4-7,12H,1-3H3. The normalized spacial score (nSPS) is 23.8. The Morgan fingerprint density at radius 1 is 1.38 bits per heavy atom. The van der Waals surface area contributed by atoms with Crippen molar-refractivity contribution in [3.05, 3.63) is 23.8 Å². The van der Waals surface area contributed by atoms with Crippen LogP contribution in [0.2, 0.25) is 0 Å². The van der Waals surface area contributed by atoms with Crippen LogP contribution in [0.3, 0.4) is 0 Å². The summed E-state index contributed by atoms with van der Waals surface area (Å²) < 4.78 is 5.64. The number of ether oxygens (including phenoxy) is 1. The van der Waals surface area contributed by atoms with Crippen LogP contribution in [0.4, 0.5) is 0 Å². The van der Waals surface area contributed by atoms with Crippen LogP contribution in [-0.2, 0) is 5.41 Å². The van der Waals surface area contributed by atoms with Crippen molar-refractivity contribution in [3.63, 3.8) is 0 Å². The van der Waals surface area contributed by atoms with E-state index in [-0.39, 0.29) is 11.5 Å². The molecule has 1 atom stereocenters. The fourth-order valence-electron chi connectivity index (χ4n) is 1.81. The van der Waals surface area contributed by atoms with Gasteiger partial charge in [-0.1, -0.05) is 19.9 Å². The quantitative estimate of drug-likeness (QED) is 0.661. The zero-order chi connectivity index (χ0) is 9.64. The molecular formula is C11H14O2. The van der Waals surface area contributed by atoms with Crippen LogP contribution in [0.5, 0.6) is 11.5 Å². The first-order valence-corrected chi connectivity index (χ1v) is 4.52. The third-order valence-electron chi connectivity index (χ3n) is 2.97. The molecule has 1 aliphatic heterocycles. The number of rotatable bonds is 0. The van der Waals surface area contributed by atoms with Crippen LogP contribution in [0.15, 0.2) is 18.2 Å². The van der Waals surface area contributed by atoms with Gasteiger partial charge in [0, 0.05) is 11.0 Å². The van der Waals surface area contributed by atoms with Crippen molar-refractivity contribution < 1.29 is 9.84 Å². The summed E-state index contributed by atoms with van der Waals surface area (Å²) in [5.74, 6) is 1.16. The average Bonchev–Trinajstić information content (AvgIpc) is 2.24. The predicted molar refractivity (Wildman–Crippen MR) is 51.2 cm³/mol. The first-order chi connectivity index (χ1) is 6.03. The van der Waals surface area contributed by atoms with Gasteiger partial charge in [-0.2, -0.15) is 0 Å². The van der Waals surface area contributed by atoms with Crippen molar-refractivity contribution in [1.82, 2.24) is 0 Å². The minimum atomic E-state index is -0.0966. The molecule has 0 bridgehead atoms. The maximum Gasteiger partial charge on any atom is 0.127 e. The maximum absolute atomic E-state index is 9.70. The number of aromatic hydroxyl groups is 1. The zero-order valence-corrected chi connectivity index (χ0v) is 8.16. The lowest BCUT2D eigenvalue weighted by molar-refractivity contribution is 0.185. The second kappa shape index (κ2) is 2.41. The van der Waals surface area contributed by atoms with Crippen LogP contribution >= 0.6 is 0 Å². The molecule has 0 radical (unpaired) electrons. The van der Waals surface area contributed by atoms with Crippen molar-refractivity contribution in [2.24, 2.45) is 0 Å². The molecule has 0 saturated carbocycles. The summed E-state index contributed by atoms with van der Waals surface area (Å²) >= 11 is 0. The first-order valence-electron chi connectivity index (χ1n) is 4.52. The molecule has 13 heavy (non-hydrogen) atoms. The molecule has 0 saturated heterocycles. The van der Waals surface area contributed by atoms with Crippen molar-refractivity contribution in [3.8, 4) is 11.5 Å². The summed E-state index contributed by atoms with van der Waals surface area (Å²) in [6.45, 7) is 6.20. The highest BCUT2D eigenvalue weighted by atomic mass is 16.5. The second-order valence-electron chi connectivity index (χ2n) is 4.13. The van der Waals surface area contributed by atoms with E-state index in [4.69, 9.17) is 4.74 Å². The Morgan fingerprint density at radius 2 is 2.08 bits per heavy atom. The monoisotopic (exact) mass is 178 g/mol. The Kier molecular flexibility index (Phi) is 1.56. The van der Waals surface area contributed by atoms with Gasteiger partial charge in [-0.15, -0.1) is 0 Å². The van der Waals surface area contributed by atoms with Gasteiger partial charge in [0.1, 0.15) is 17.6 Å². The second-order valence-corrected chi connectivity index (χ2v) is 4.13. The van der Waals surface area contributed by atoms with E-state index >= 15 is 0 Å². The summed E-state index contributed by atoms with van der Waals surface area (Å²) in [6.07, 6.45) is 0.121. The summed E-state index contributed by atoms with van der Waals surface area (Å²) in [6, 6.07) is 5.42. The number of phenolic OH excluding ortho intramolecular Hbond substituents is 1. The highest BCUT2D eigenvalue weighted by molar-refractivity contribution is 5.52.